The number of hydrogen-bond donors (Lipinski definition) is 2. The van der Waals surface area contributed by atoms with Crippen LogP contribution in [0.5, 0.6) is 0 Å². The van der Waals surface area contributed by atoms with Crippen molar-refractivity contribution in [3.63, 3.8) is 0 Å². The van der Waals surface area contributed by atoms with Crippen LogP contribution in [0.3, 0.4) is 0 Å². The third kappa shape index (κ3) is 4.62. The molecule has 0 aliphatic rings. The van der Waals surface area contributed by atoms with Crippen LogP contribution in [0.4, 0.5) is 4.39 Å². The molecule has 0 saturated carbocycles. The van der Waals surface area contributed by atoms with E-state index in [1.807, 2.05) is 0 Å². The van der Waals surface area contributed by atoms with Gasteiger partial charge >= 0.3 is 0 Å². The quantitative estimate of drug-likeness (QED) is 0.760. The van der Waals surface area contributed by atoms with Crippen molar-refractivity contribution in [2.75, 3.05) is 18.6 Å². The summed E-state index contributed by atoms with van der Waals surface area (Å²) in [4.78, 5) is 11.4. The largest absolute Gasteiger partial charge is 0.351 e. The Kier molecular flexibility index (Phi) is 5.80. The second-order valence-corrected chi connectivity index (χ2v) is 7.78. The first-order valence-electron chi connectivity index (χ1n) is 5.23. The van der Waals surface area contributed by atoms with Gasteiger partial charge in [-0.15, -0.1) is 0 Å². The first-order chi connectivity index (χ1) is 9.12. The molecule has 112 valence electrons. The van der Waals surface area contributed by atoms with Gasteiger partial charge < -0.3 is 5.32 Å². The second kappa shape index (κ2) is 6.74. The number of carbonyl (C=O) groups is 1. The van der Waals surface area contributed by atoms with Gasteiger partial charge in [-0.05, 0) is 28.1 Å². The van der Waals surface area contributed by atoms with Crippen molar-refractivity contribution in [1.29, 1.82) is 0 Å². The van der Waals surface area contributed by atoms with Crippen LogP contribution >= 0.6 is 15.9 Å². The summed E-state index contributed by atoms with van der Waals surface area (Å²) in [6.07, 6.45) is 1.46. The van der Waals surface area contributed by atoms with E-state index >= 15 is 0 Å². The van der Waals surface area contributed by atoms with Crippen molar-refractivity contribution in [2.24, 2.45) is 5.14 Å². The molecule has 0 aromatic heterocycles. The highest BCUT2D eigenvalue weighted by Gasteiger charge is 2.20. The minimum absolute atomic E-state index is 0.0660. The first-order valence-corrected chi connectivity index (χ1v) is 9.29. The molecule has 0 bridgehead atoms. The van der Waals surface area contributed by atoms with Gasteiger partial charge in [-0.1, -0.05) is 0 Å². The highest BCUT2D eigenvalue weighted by atomic mass is 79.9. The Bertz CT molecular complexity index is 663. The molecule has 1 amide bonds. The summed E-state index contributed by atoms with van der Waals surface area (Å²) in [7, 11) is -5.18. The lowest BCUT2D eigenvalue weighted by Gasteiger charge is -2.08. The van der Waals surface area contributed by atoms with Crippen molar-refractivity contribution in [2.45, 2.75) is 4.90 Å². The zero-order valence-corrected chi connectivity index (χ0v) is 13.6. The van der Waals surface area contributed by atoms with E-state index < -0.39 is 38.1 Å². The molecular formula is C10H12BrFN2O4S2. The van der Waals surface area contributed by atoms with Crippen molar-refractivity contribution in [3.8, 4) is 0 Å². The second-order valence-electron chi connectivity index (χ2n) is 3.84. The Morgan fingerprint density at radius 1 is 1.50 bits per heavy atom. The fourth-order valence-corrected chi connectivity index (χ4v) is 3.32. The molecule has 1 rings (SSSR count). The molecule has 0 saturated heterocycles. The average Bonchev–Trinajstić information content (AvgIpc) is 2.26. The van der Waals surface area contributed by atoms with Crippen LogP contribution in [0.15, 0.2) is 21.5 Å². The minimum Gasteiger partial charge on any atom is -0.351 e. The van der Waals surface area contributed by atoms with Crippen LogP contribution in [0.25, 0.3) is 0 Å². The molecular weight excluding hydrogens is 375 g/mol. The average molecular weight is 387 g/mol. The fraction of sp³-hybridized carbons (Fsp3) is 0.300. The summed E-state index contributed by atoms with van der Waals surface area (Å²) in [5, 5.41) is 7.31. The number of benzene rings is 1. The Labute approximate surface area is 126 Å². The number of hydrogen-bond acceptors (Lipinski definition) is 4. The predicted octanol–water partition coefficient (Wildman–Crippen LogP) is 0.344. The molecule has 0 radical (unpaired) electrons. The monoisotopic (exact) mass is 386 g/mol. The molecule has 20 heavy (non-hydrogen) atoms. The number of rotatable bonds is 5. The lowest BCUT2D eigenvalue weighted by atomic mass is 10.2. The van der Waals surface area contributed by atoms with E-state index in [-0.39, 0.29) is 21.7 Å². The van der Waals surface area contributed by atoms with Crippen LogP contribution in [0.2, 0.25) is 0 Å². The number of sulfonamides is 1. The van der Waals surface area contributed by atoms with E-state index in [0.717, 1.165) is 12.1 Å². The normalized spacial score (nSPS) is 13.0. The van der Waals surface area contributed by atoms with E-state index in [4.69, 9.17) is 5.14 Å². The summed E-state index contributed by atoms with van der Waals surface area (Å²) < 4.78 is 47.0. The number of primary sulfonamides is 1. The number of amides is 1. The highest BCUT2D eigenvalue weighted by Crippen LogP contribution is 2.24. The van der Waals surface area contributed by atoms with Gasteiger partial charge in [0, 0.05) is 33.8 Å². The maximum Gasteiger partial charge on any atom is 0.254 e. The molecule has 0 aliphatic carbocycles. The zero-order chi connectivity index (χ0) is 15.5. The maximum atomic E-state index is 13.7. The predicted molar refractivity (Wildman–Crippen MR) is 76.7 cm³/mol. The molecule has 0 aliphatic heterocycles. The number of carbonyl (C=O) groups excluding carboxylic acids is 1. The standard InChI is InChI=1S/C10H12BrFN2O4S2/c1-19(16)3-2-14-10(15)6-4-9(20(13,17)18)7(11)5-8(6)12/h4-5H,2-3H2,1H3,(H,14,15)(H2,13,17,18). The van der Waals surface area contributed by atoms with E-state index in [0.29, 0.717) is 0 Å². The van der Waals surface area contributed by atoms with E-state index in [2.05, 4.69) is 21.2 Å². The molecule has 3 N–H and O–H groups in total. The molecule has 1 aromatic carbocycles. The van der Waals surface area contributed by atoms with Gasteiger partial charge in [-0.3, -0.25) is 9.00 Å². The number of nitrogens with two attached hydrogens (primary N) is 1. The number of halogens is 2. The van der Waals surface area contributed by atoms with Gasteiger partial charge in [0.15, 0.2) is 0 Å². The van der Waals surface area contributed by atoms with Crippen LogP contribution in [-0.4, -0.2) is 37.1 Å². The molecule has 1 unspecified atom stereocenters. The van der Waals surface area contributed by atoms with Gasteiger partial charge in [0.25, 0.3) is 5.91 Å². The molecule has 10 heteroatoms. The van der Waals surface area contributed by atoms with E-state index in [1.54, 1.807) is 0 Å². The zero-order valence-electron chi connectivity index (χ0n) is 10.4. The van der Waals surface area contributed by atoms with Crippen LogP contribution in [0, 0.1) is 5.82 Å². The Hall–Kier alpha value is -0.840. The van der Waals surface area contributed by atoms with Crippen LogP contribution in [0.1, 0.15) is 10.4 Å². The van der Waals surface area contributed by atoms with Crippen molar-refractivity contribution < 1.29 is 21.8 Å². The minimum atomic E-state index is -4.08. The van der Waals surface area contributed by atoms with Gasteiger partial charge in [0.1, 0.15) is 5.82 Å². The Morgan fingerprint density at radius 3 is 2.60 bits per heavy atom. The SMILES string of the molecule is CS(=O)CCNC(=O)c1cc(S(N)(=O)=O)c(Br)cc1F. The van der Waals surface area contributed by atoms with Crippen molar-refractivity contribution in [1.82, 2.24) is 5.32 Å². The summed E-state index contributed by atoms with van der Waals surface area (Å²) >= 11 is 2.87. The van der Waals surface area contributed by atoms with Crippen LogP contribution < -0.4 is 10.5 Å². The van der Waals surface area contributed by atoms with Gasteiger partial charge in [0.05, 0.1) is 10.5 Å². The van der Waals surface area contributed by atoms with Gasteiger partial charge in [-0.2, -0.15) is 0 Å². The lowest BCUT2D eigenvalue weighted by Crippen LogP contribution is -2.28. The highest BCUT2D eigenvalue weighted by molar-refractivity contribution is 9.10. The Balaban J connectivity index is 3.06. The molecule has 0 spiro atoms. The third-order valence-electron chi connectivity index (χ3n) is 2.25. The van der Waals surface area contributed by atoms with Gasteiger partial charge in [-0.25, -0.2) is 17.9 Å². The van der Waals surface area contributed by atoms with Crippen molar-refractivity contribution in [3.05, 3.63) is 28.0 Å². The fourth-order valence-electron chi connectivity index (χ4n) is 1.32. The third-order valence-corrected chi connectivity index (χ3v) is 4.90. The summed E-state index contributed by atoms with van der Waals surface area (Å²) in [6.45, 7) is 0.0855. The molecule has 1 aromatic rings. The molecule has 1 atom stereocenters. The Morgan fingerprint density at radius 2 is 2.10 bits per heavy atom. The first kappa shape index (κ1) is 17.2. The summed E-state index contributed by atoms with van der Waals surface area (Å²) in [5.74, 6) is -1.48. The topological polar surface area (TPSA) is 106 Å². The number of nitrogens with one attached hydrogen (secondary N) is 1. The molecule has 0 fully saturated rings. The van der Waals surface area contributed by atoms with E-state index in [1.165, 1.54) is 6.26 Å². The summed E-state index contributed by atoms with van der Waals surface area (Å²) in [5.41, 5.74) is -0.445. The summed E-state index contributed by atoms with van der Waals surface area (Å²) in [6, 6.07) is 1.71. The molecule has 0 heterocycles. The lowest BCUT2D eigenvalue weighted by molar-refractivity contribution is 0.0952. The smallest absolute Gasteiger partial charge is 0.254 e. The van der Waals surface area contributed by atoms with Gasteiger partial charge in [0.2, 0.25) is 10.0 Å². The van der Waals surface area contributed by atoms with Crippen LogP contribution in [-0.2, 0) is 20.8 Å². The maximum absolute atomic E-state index is 13.7. The molecule has 6 nitrogen and oxygen atoms in total. The van der Waals surface area contributed by atoms with Crippen molar-refractivity contribution >= 4 is 42.7 Å². The van der Waals surface area contributed by atoms with E-state index in [9.17, 15) is 21.8 Å².